The Morgan fingerprint density at radius 2 is 2.30 bits per heavy atom. The normalized spacial score (nSPS) is 10.4. The van der Waals surface area contributed by atoms with Gasteiger partial charge in [0.05, 0.1) is 0 Å². The number of nitrogens with one attached hydrogen (secondary N) is 1. The first-order valence-electron chi connectivity index (χ1n) is 2.97. The summed E-state index contributed by atoms with van der Waals surface area (Å²) in [5, 5.41) is 9.43. The van der Waals surface area contributed by atoms with Gasteiger partial charge in [-0.25, -0.2) is 0 Å². The van der Waals surface area contributed by atoms with Gasteiger partial charge in [-0.3, -0.25) is 9.81 Å². The monoisotopic (exact) mass is 150 g/mol. The van der Waals surface area contributed by atoms with Gasteiger partial charge in [-0.1, -0.05) is 6.07 Å². The molecule has 2 nitrogen and oxygen atoms in total. The van der Waals surface area contributed by atoms with Gasteiger partial charge in [0.25, 0.3) is 0 Å². The predicted molar refractivity (Wildman–Crippen MR) is 41.1 cm³/mol. The number of nitrogens with zero attached hydrogens (tertiary/aromatic N) is 1. The standard InChI is InChI=1S/C7H6N2S/c8-6-2-1-3-7-9(6)4-5-10-7/h1-5,8H. The molecule has 0 aliphatic carbocycles. The number of rotatable bonds is 0. The van der Waals surface area contributed by atoms with E-state index in [-0.39, 0.29) is 0 Å². The van der Waals surface area contributed by atoms with Crippen molar-refractivity contribution < 1.29 is 0 Å². The summed E-state index contributed by atoms with van der Waals surface area (Å²) in [4.78, 5) is 1.12. The van der Waals surface area contributed by atoms with Gasteiger partial charge < -0.3 is 0 Å². The van der Waals surface area contributed by atoms with Gasteiger partial charge in [0.1, 0.15) is 10.3 Å². The van der Waals surface area contributed by atoms with Crippen LogP contribution >= 0.6 is 11.3 Å². The molecule has 0 aliphatic heterocycles. The third kappa shape index (κ3) is 0.675. The summed E-state index contributed by atoms with van der Waals surface area (Å²) < 4.78 is 1.85. The molecular formula is C7H6N2S. The molecule has 0 aliphatic rings. The van der Waals surface area contributed by atoms with E-state index in [2.05, 4.69) is 0 Å². The Labute approximate surface area is 61.9 Å². The molecule has 0 amide bonds. The first-order valence-corrected chi connectivity index (χ1v) is 3.85. The van der Waals surface area contributed by atoms with Gasteiger partial charge in [0.2, 0.25) is 0 Å². The maximum Gasteiger partial charge on any atom is 0.129 e. The lowest BCUT2D eigenvalue weighted by Crippen LogP contribution is -2.07. The Bertz CT molecular complexity index is 399. The van der Waals surface area contributed by atoms with E-state index in [4.69, 9.17) is 5.41 Å². The fourth-order valence-corrected chi connectivity index (χ4v) is 1.66. The highest BCUT2D eigenvalue weighted by Crippen LogP contribution is 2.06. The lowest BCUT2D eigenvalue weighted by atomic mass is 10.5. The molecule has 2 aromatic heterocycles. The van der Waals surface area contributed by atoms with Crippen molar-refractivity contribution in [1.82, 2.24) is 4.40 Å². The van der Waals surface area contributed by atoms with Gasteiger partial charge in [-0.15, -0.1) is 11.3 Å². The van der Waals surface area contributed by atoms with Crippen molar-refractivity contribution in [3.05, 3.63) is 35.3 Å². The molecule has 1 N–H and O–H groups in total. The van der Waals surface area contributed by atoms with Crippen molar-refractivity contribution in [1.29, 1.82) is 5.41 Å². The Morgan fingerprint density at radius 3 is 3.10 bits per heavy atom. The van der Waals surface area contributed by atoms with Crippen LogP contribution in [0, 0.1) is 5.41 Å². The summed E-state index contributed by atoms with van der Waals surface area (Å²) >= 11 is 1.64. The molecular weight excluding hydrogens is 144 g/mol. The molecule has 0 atom stereocenters. The topological polar surface area (TPSA) is 28.3 Å². The minimum atomic E-state index is 0.541. The first-order chi connectivity index (χ1) is 4.88. The van der Waals surface area contributed by atoms with E-state index in [1.54, 1.807) is 17.4 Å². The van der Waals surface area contributed by atoms with Gasteiger partial charge >= 0.3 is 0 Å². The predicted octanol–water partition coefficient (Wildman–Crippen LogP) is 1.48. The van der Waals surface area contributed by atoms with Crippen molar-refractivity contribution in [2.75, 3.05) is 0 Å². The highest BCUT2D eigenvalue weighted by atomic mass is 32.1. The van der Waals surface area contributed by atoms with Gasteiger partial charge in [0, 0.05) is 11.6 Å². The molecule has 0 fully saturated rings. The zero-order valence-corrected chi connectivity index (χ0v) is 6.06. The van der Waals surface area contributed by atoms with Crippen LogP contribution in [0.3, 0.4) is 0 Å². The summed E-state index contributed by atoms with van der Waals surface area (Å²) in [5.74, 6) is 0. The average molecular weight is 150 g/mol. The van der Waals surface area contributed by atoms with E-state index in [0.717, 1.165) is 4.83 Å². The molecule has 0 aromatic carbocycles. The van der Waals surface area contributed by atoms with E-state index < -0.39 is 0 Å². The van der Waals surface area contributed by atoms with Crippen LogP contribution in [0.2, 0.25) is 0 Å². The molecule has 2 aromatic rings. The zero-order chi connectivity index (χ0) is 6.97. The molecule has 0 radical (unpaired) electrons. The average Bonchev–Trinajstić information content (AvgIpc) is 2.36. The minimum Gasteiger partial charge on any atom is -0.293 e. The summed E-state index contributed by atoms with van der Waals surface area (Å²) in [5.41, 5.74) is 0.541. The quantitative estimate of drug-likeness (QED) is 0.589. The van der Waals surface area contributed by atoms with Gasteiger partial charge in [-0.05, 0) is 12.1 Å². The Hall–Kier alpha value is -1.09. The van der Waals surface area contributed by atoms with E-state index in [0.29, 0.717) is 5.49 Å². The molecule has 0 spiro atoms. The Balaban J connectivity index is 3.09. The van der Waals surface area contributed by atoms with Crippen LogP contribution in [0.25, 0.3) is 4.83 Å². The summed E-state index contributed by atoms with van der Waals surface area (Å²) in [7, 11) is 0. The van der Waals surface area contributed by atoms with Crippen LogP contribution in [-0.2, 0) is 0 Å². The van der Waals surface area contributed by atoms with Crippen LogP contribution in [0.5, 0.6) is 0 Å². The van der Waals surface area contributed by atoms with E-state index >= 15 is 0 Å². The summed E-state index contributed by atoms with van der Waals surface area (Å²) in [6, 6.07) is 5.68. The van der Waals surface area contributed by atoms with Crippen LogP contribution < -0.4 is 5.49 Å². The van der Waals surface area contributed by atoms with E-state index in [1.165, 1.54) is 0 Å². The number of aromatic nitrogens is 1. The van der Waals surface area contributed by atoms with Crippen molar-refractivity contribution in [2.45, 2.75) is 0 Å². The lowest BCUT2D eigenvalue weighted by Gasteiger charge is -1.89. The number of pyridine rings is 1. The van der Waals surface area contributed by atoms with Crippen molar-refractivity contribution in [2.24, 2.45) is 0 Å². The smallest absolute Gasteiger partial charge is 0.129 e. The molecule has 2 heterocycles. The number of thiazole rings is 1. The molecule has 50 valence electrons. The second kappa shape index (κ2) is 1.95. The van der Waals surface area contributed by atoms with Gasteiger partial charge in [-0.2, -0.15) is 0 Å². The van der Waals surface area contributed by atoms with E-state index in [1.807, 2.05) is 28.1 Å². The second-order valence-electron chi connectivity index (χ2n) is 2.02. The van der Waals surface area contributed by atoms with Crippen molar-refractivity contribution in [3.63, 3.8) is 0 Å². The third-order valence-electron chi connectivity index (χ3n) is 1.39. The summed E-state index contributed by atoms with van der Waals surface area (Å²) in [6.07, 6.45) is 1.91. The van der Waals surface area contributed by atoms with Crippen LogP contribution in [-0.4, -0.2) is 4.40 Å². The molecule has 0 saturated heterocycles. The number of hydrogen-bond donors (Lipinski definition) is 1. The zero-order valence-electron chi connectivity index (χ0n) is 5.24. The largest absolute Gasteiger partial charge is 0.293 e. The maximum atomic E-state index is 7.45. The molecule has 0 unspecified atom stereocenters. The van der Waals surface area contributed by atoms with Crippen LogP contribution in [0.4, 0.5) is 0 Å². The fourth-order valence-electron chi connectivity index (χ4n) is 0.912. The first kappa shape index (κ1) is 5.68. The molecule has 3 heteroatoms. The maximum absolute atomic E-state index is 7.45. The molecule has 0 saturated carbocycles. The highest BCUT2D eigenvalue weighted by molar-refractivity contribution is 7.15. The SMILES string of the molecule is N=c1cccc2sccn12. The second-order valence-corrected chi connectivity index (χ2v) is 2.95. The lowest BCUT2D eigenvalue weighted by molar-refractivity contribution is 1.02. The Morgan fingerprint density at radius 1 is 1.40 bits per heavy atom. The molecule has 10 heavy (non-hydrogen) atoms. The van der Waals surface area contributed by atoms with Crippen LogP contribution in [0.15, 0.2) is 29.8 Å². The van der Waals surface area contributed by atoms with Gasteiger partial charge in [0.15, 0.2) is 0 Å². The molecule has 0 bridgehead atoms. The molecule has 2 rings (SSSR count). The number of fused-ring (bicyclic) bond motifs is 1. The van der Waals surface area contributed by atoms with E-state index in [9.17, 15) is 0 Å². The van der Waals surface area contributed by atoms with Crippen LogP contribution in [0.1, 0.15) is 0 Å². The number of hydrogen-bond acceptors (Lipinski definition) is 2. The summed E-state index contributed by atoms with van der Waals surface area (Å²) in [6.45, 7) is 0. The highest BCUT2D eigenvalue weighted by Gasteiger charge is 1.89. The fraction of sp³-hybridized carbons (Fsp3) is 0. The van der Waals surface area contributed by atoms with Crippen molar-refractivity contribution >= 4 is 16.2 Å². The minimum absolute atomic E-state index is 0.541. The Kier molecular flexibility index (Phi) is 1.11. The van der Waals surface area contributed by atoms with Crippen molar-refractivity contribution in [3.8, 4) is 0 Å². The third-order valence-corrected chi connectivity index (χ3v) is 2.22.